The minimum absolute atomic E-state index is 0.615. The normalized spacial score (nSPS) is 16.4. The summed E-state index contributed by atoms with van der Waals surface area (Å²) in [5.74, 6) is 2.53. The zero-order valence-electron chi connectivity index (χ0n) is 9.13. The van der Waals surface area contributed by atoms with E-state index in [1.165, 1.54) is 19.3 Å². The molecule has 3 heteroatoms. The number of benzene rings is 1. The third-order valence-corrected chi connectivity index (χ3v) is 4.03. The van der Waals surface area contributed by atoms with Crippen LogP contribution in [0.2, 0.25) is 0 Å². The van der Waals surface area contributed by atoms with Gasteiger partial charge in [-0.05, 0) is 31.0 Å². The van der Waals surface area contributed by atoms with E-state index in [1.807, 2.05) is 12.1 Å². The van der Waals surface area contributed by atoms with Gasteiger partial charge in [-0.2, -0.15) is 0 Å². The third-order valence-electron chi connectivity index (χ3n) is 3.34. The largest absolute Gasteiger partial charge is 0.493 e. The molecule has 2 aromatic rings. The molecule has 3 rings (SSSR count). The first-order valence-corrected chi connectivity index (χ1v) is 6.35. The number of furan rings is 1. The Kier molecular flexibility index (Phi) is 2.43. The number of halogens is 1. The van der Waals surface area contributed by atoms with Crippen molar-refractivity contribution < 1.29 is 9.15 Å². The first kappa shape index (κ1) is 10.2. The molecule has 1 aliphatic carbocycles. The molecule has 0 unspecified atom stereocenters. The van der Waals surface area contributed by atoms with Crippen molar-refractivity contribution in [1.29, 1.82) is 0 Å². The molecule has 1 heterocycles. The van der Waals surface area contributed by atoms with Gasteiger partial charge in [0.1, 0.15) is 5.76 Å². The number of hydrogen-bond acceptors (Lipinski definition) is 2. The lowest BCUT2D eigenvalue weighted by Crippen LogP contribution is -2.07. The molecule has 0 radical (unpaired) electrons. The van der Waals surface area contributed by atoms with Crippen LogP contribution < -0.4 is 4.74 Å². The second-order valence-corrected chi connectivity index (χ2v) is 5.12. The molecule has 0 aliphatic heterocycles. The summed E-state index contributed by atoms with van der Waals surface area (Å²) in [7, 11) is 1.67. The highest BCUT2D eigenvalue weighted by Gasteiger charge is 2.24. The zero-order valence-corrected chi connectivity index (χ0v) is 10.7. The zero-order chi connectivity index (χ0) is 11.1. The maximum atomic E-state index is 5.92. The molecule has 1 aromatic heterocycles. The van der Waals surface area contributed by atoms with Crippen molar-refractivity contribution in [1.82, 2.24) is 0 Å². The monoisotopic (exact) mass is 280 g/mol. The molecule has 0 saturated heterocycles. The Bertz CT molecular complexity index is 526. The Morgan fingerprint density at radius 1 is 1.38 bits per heavy atom. The topological polar surface area (TPSA) is 22.4 Å². The van der Waals surface area contributed by atoms with Crippen LogP contribution in [0.15, 0.2) is 27.1 Å². The van der Waals surface area contributed by atoms with Crippen molar-refractivity contribution >= 4 is 26.9 Å². The average Bonchev–Trinajstić information content (AvgIpc) is 2.61. The summed E-state index contributed by atoms with van der Waals surface area (Å²) in [4.78, 5) is 0. The summed E-state index contributed by atoms with van der Waals surface area (Å²) >= 11 is 3.55. The Morgan fingerprint density at radius 3 is 2.81 bits per heavy atom. The van der Waals surface area contributed by atoms with E-state index in [0.717, 1.165) is 27.0 Å². The predicted octanol–water partition coefficient (Wildman–Crippen LogP) is 4.47. The number of methoxy groups -OCH3 is 1. The fourth-order valence-corrected chi connectivity index (χ4v) is 2.57. The molecule has 1 aromatic carbocycles. The third kappa shape index (κ3) is 1.46. The van der Waals surface area contributed by atoms with Crippen LogP contribution in [-0.2, 0) is 0 Å². The molecule has 0 amide bonds. The standard InChI is InChI=1S/C13H13BrO2/c1-15-11-6-5-10(14)9-7-12(16-13(9)11)8-3-2-4-8/h5-8H,2-4H2,1H3. The van der Waals surface area contributed by atoms with Crippen LogP contribution >= 0.6 is 15.9 Å². The van der Waals surface area contributed by atoms with Gasteiger partial charge >= 0.3 is 0 Å². The molecule has 1 aliphatic rings. The average molecular weight is 281 g/mol. The molecule has 16 heavy (non-hydrogen) atoms. The minimum atomic E-state index is 0.615. The molecular formula is C13H13BrO2. The van der Waals surface area contributed by atoms with Crippen molar-refractivity contribution in [2.45, 2.75) is 25.2 Å². The molecule has 2 nitrogen and oxygen atoms in total. The van der Waals surface area contributed by atoms with Gasteiger partial charge in [0.05, 0.1) is 7.11 Å². The lowest BCUT2D eigenvalue weighted by molar-refractivity contribution is 0.350. The van der Waals surface area contributed by atoms with E-state index in [2.05, 4.69) is 22.0 Å². The lowest BCUT2D eigenvalue weighted by Gasteiger charge is -2.22. The molecular weight excluding hydrogens is 268 g/mol. The van der Waals surface area contributed by atoms with Crippen LogP contribution in [0.4, 0.5) is 0 Å². The van der Waals surface area contributed by atoms with Gasteiger partial charge in [0.2, 0.25) is 0 Å². The van der Waals surface area contributed by atoms with Gasteiger partial charge in [-0.25, -0.2) is 0 Å². The Morgan fingerprint density at radius 2 is 2.19 bits per heavy atom. The van der Waals surface area contributed by atoms with Gasteiger partial charge in [-0.3, -0.25) is 0 Å². The SMILES string of the molecule is COc1ccc(Br)c2cc(C3CCC3)oc12. The van der Waals surface area contributed by atoms with Crippen LogP contribution in [0, 0.1) is 0 Å². The van der Waals surface area contributed by atoms with Crippen LogP contribution in [0.3, 0.4) is 0 Å². The number of fused-ring (bicyclic) bond motifs is 1. The number of rotatable bonds is 2. The maximum Gasteiger partial charge on any atom is 0.177 e. The van der Waals surface area contributed by atoms with Gasteiger partial charge < -0.3 is 9.15 Å². The Hall–Kier alpha value is -0.960. The van der Waals surface area contributed by atoms with Crippen molar-refractivity contribution in [3.8, 4) is 5.75 Å². The van der Waals surface area contributed by atoms with Gasteiger partial charge in [0.25, 0.3) is 0 Å². The first-order chi connectivity index (χ1) is 7.79. The Balaban J connectivity index is 2.17. The van der Waals surface area contributed by atoms with E-state index in [0.29, 0.717) is 5.92 Å². The maximum absolute atomic E-state index is 5.92. The fraction of sp³-hybridized carbons (Fsp3) is 0.385. The molecule has 0 atom stereocenters. The highest BCUT2D eigenvalue weighted by atomic mass is 79.9. The van der Waals surface area contributed by atoms with Crippen molar-refractivity contribution in [2.75, 3.05) is 7.11 Å². The van der Waals surface area contributed by atoms with Gasteiger partial charge in [-0.15, -0.1) is 0 Å². The number of ether oxygens (including phenoxy) is 1. The summed E-state index contributed by atoms with van der Waals surface area (Å²) in [5, 5.41) is 1.11. The summed E-state index contributed by atoms with van der Waals surface area (Å²) in [5.41, 5.74) is 0.860. The molecule has 0 bridgehead atoms. The minimum Gasteiger partial charge on any atom is -0.493 e. The predicted molar refractivity (Wildman–Crippen MR) is 67.1 cm³/mol. The summed E-state index contributed by atoms with van der Waals surface area (Å²) in [6.07, 6.45) is 3.82. The molecule has 0 spiro atoms. The van der Waals surface area contributed by atoms with E-state index in [9.17, 15) is 0 Å². The summed E-state index contributed by atoms with van der Waals surface area (Å²) in [6.45, 7) is 0. The lowest BCUT2D eigenvalue weighted by atomic mass is 9.83. The van der Waals surface area contributed by atoms with Crippen LogP contribution in [-0.4, -0.2) is 7.11 Å². The van der Waals surface area contributed by atoms with E-state index < -0.39 is 0 Å². The smallest absolute Gasteiger partial charge is 0.177 e. The van der Waals surface area contributed by atoms with Gasteiger partial charge in [0.15, 0.2) is 11.3 Å². The van der Waals surface area contributed by atoms with E-state index >= 15 is 0 Å². The number of hydrogen-bond donors (Lipinski definition) is 0. The highest BCUT2D eigenvalue weighted by Crippen LogP contribution is 2.42. The van der Waals surface area contributed by atoms with Crippen LogP contribution in [0.1, 0.15) is 30.9 Å². The van der Waals surface area contributed by atoms with Gasteiger partial charge in [0, 0.05) is 15.8 Å². The first-order valence-electron chi connectivity index (χ1n) is 5.55. The van der Waals surface area contributed by atoms with E-state index in [-0.39, 0.29) is 0 Å². The molecule has 84 valence electrons. The molecule has 1 fully saturated rings. The molecule has 0 N–H and O–H groups in total. The highest BCUT2D eigenvalue weighted by molar-refractivity contribution is 9.10. The summed E-state index contributed by atoms with van der Waals surface area (Å²) < 4.78 is 12.3. The van der Waals surface area contributed by atoms with Crippen LogP contribution in [0.25, 0.3) is 11.0 Å². The van der Waals surface area contributed by atoms with Crippen LogP contribution in [0.5, 0.6) is 5.75 Å². The second kappa shape index (κ2) is 3.81. The van der Waals surface area contributed by atoms with E-state index in [4.69, 9.17) is 9.15 Å². The van der Waals surface area contributed by atoms with Gasteiger partial charge in [-0.1, -0.05) is 22.4 Å². The summed E-state index contributed by atoms with van der Waals surface area (Å²) in [6, 6.07) is 6.08. The fourth-order valence-electron chi connectivity index (χ4n) is 2.14. The van der Waals surface area contributed by atoms with Crippen molar-refractivity contribution in [3.05, 3.63) is 28.4 Å². The Labute approximate surface area is 103 Å². The second-order valence-electron chi connectivity index (χ2n) is 4.27. The van der Waals surface area contributed by atoms with Crippen molar-refractivity contribution in [3.63, 3.8) is 0 Å². The quantitative estimate of drug-likeness (QED) is 0.810. The van der Waals surface area contributed by atoms with Crippen molar-refractivity contribution in [2.24, 2.45) is 0 Å². The molecule has 1 saturated carbocycles. The van der Waals surface area contributed by atoms with E-state index in [1.54, 1.807) is 7.11 Å².